The Bertz CT molecular complexity index is 395. The second-order valence-electron chi connectivity index (χ2n) is 3.11. The summed E-state index contributed by atoms with van der Waals surface area (Å²) in [6.07, 6.45) is 2.89. The van der Waals surface area contributed by atoms with E-state index in [1.54, 1.807) is 6.08 Å². The Kier molecular flexibility index (Phi) is 4.27. The molecule has 0 spiro atoms. The minimum Gasteiger partial charge on any atom is -0.480 e. The van der Waals surface area contributed by atoms with Crippen molar-refractivity contribution in [3.63, 3.8) is 0 Å². The van der Waals surface area contributed by atoms with E-state index in [4.69, 9.17) is 5.11 Å². The molecule has 1 aromatic carbocycles. The number of hydrogen-bond donors (Lipinski definition) is 1. The third-order valence-electron chi connectivity index (χ3n) is 2.00. The summed E-state index contributed by atoms with van der Waals surface area (Å²) in [4.78, 5) is 21.9. The molecule has 1 atom stereocenters. The molecule has 0 heterocycles. The predicted octanol–water partition coefficient (Wildman–Crippen LogP) is 1.57. The first-order chi connectivity index (χ1) is 7.65. The summed E-state index contributed by atoms with van der Waals surface area (Å²) in [6, 6.07) is 9.13. The van der Waals surface area contributed by atoms with Crippen molar-refractivity contribution in [3.05, 3.63) is 42.0 Å². The summed E-state index contributed by atoms with van der Waals surface area (Å²) in [6.45, 7) is 0. The second-order valence-corrected chi connectivity index (χ2v) is 3.11. The molecular weight excluding hydrogens is 208 g/mol. The minimum absolute atomic E-state index is 0.778. The summed E-state index contributed by atoms with van der Waals surface area (Å²) >= 11 is 0. The Morgan fingerprint density at radius 1 is 1.31 bits per heavy atom. The van der Waals surface area contributed by atoms with E-state index in [1.807, 2.05) is 30.3 Å². The van der Waals surface area contributed by atoms with Crippen LogP contribution >= 0.6 is 0 Å². The van der Waals surface area contributed by atoms with Crippen molar-refractivity contribution in [1.29, 1.82) is 0 Å². The van der Waals surface area contributed by atoms with Crippen LogP contribution in [0.4, 0.5) is 0 Å². The SMILES string of the molecule is COC(=O)[C@@H](/C=C/c1ccccc1)C(=O)O. The molecule has 1 N–H and O–H groups in total. The Labute approximate surface area is 93.2 Å². The Morgan fingerprint density at radius 2 is 1.94 bits per heavy atom. The first-order valence-electron chi connectivity index (χ1n) is 4.69. The lowest BCUT2D eigenvalue weighted by Crippen LogP contribution is -2.22. The quantitative estimate of drug-likeness (QED) is 0.618. The maximum absolute atomic E-state index is 11.1. The summed E-state index contributed by atoms with van der Waals surface area (Å²) < 4.78 is 4.39. The molecule has 4 nitrogen and oxygen atoms in total. The van der Waals surface area contributed by atoms with Crippen molar-refractivity contribution >= 4 is 18.0 Å². The van der Waals surface area contributed by atoms with Crippen molar-refractivity contribution in [2.75, 3.05) is 7.11 Å². The van der Waals surface area contributed by atoms with Gasteiger partial charge in [-0.15, -0.1) is 0 Å². The van der Waals surface area contributed by atoms with Gasteiger partial charge in [-0.05, 0) is 5.56 Å². The molecule has 0 aliphatic carbocycles. The van der Waals surface area contributed by atoms with Gasteiger partial charge in [0.1, 0.15) is 0 Å². The smallest absolute Gasteiger partial charge is 0.323 e. The largest absolute Gasteiger partial charge is 0.480 e. The first kappa shape index (κ1) is 12.0. The molecule has 16 heavy (non-hydrogen) atoms. The van der Waals surface area contributed by atoms with Crippen LogP contribution in [-0.4, -0.2) is 24.2 Å². The fourth-order valence-corrected chi connectivity index (χ4v) is 1.16. The molecule has 0 aliphatic rings. The molecular formula is C12H12O4. The Hall–Kier alpha value is -2.10. The number of carboxylic acids is 1. The molecule has 84 valence electrons. The van der Waals surface area contributed by atoms with Crippen molar-refractivity contribution < 1.29 is 19.4 Å². The normalized spacial score (nSPS) is 12.3. The number of aliphatic carboxylic acids is 1. The number of methoxy groups -OCH3 is 1. The number of esters is 1. The van der Waals surface area contributed by atoms with Crippen molar-refractivity contribution in [3.8, 4) is 0 Å². The van der Waals surface area contributed by atoms with E-state index in [0.29, 0.717) is 0 Å². The number of carbonyl (C=O) groups excluding carboxylic acids is 1. The van der Waals surface area contributed by atoms with Crippen molar-refractivity contribution in [2.45, 2.75) is 0 Å². The zero-order valence-corrected chi connectivity index (χ0v) is 8.79. The number of carbonyl (C=O) groups is 2. The molecule has 0 amide bonds. The zero-order chi connectivity index (χ0) is 12.0. The number of ether oxygens (including phenoxy) is 1. The third-order valence-corrected chi connectivity index (χ3v) is 2.00. The number of rotatable bonds is 4. The van der Waals surface area contributed by atoms with Crippen LogP contribution in [-0.2, 0) is 14.3 Å². The molecule has 0 saturated carbocycles. The van der Waals surface area contributed by atoms with Crippen molar-refractivity contribution in [1.82, 2.24) is 0 Å². The second kappa shape index (κ2) is 5.70. The van der Waals surface area contributed by atoms with Crippen LogP contribution in [0.3, 0.4) is 0 Å². The molecule has 1 aromatic rings. The van der Waals surface area contributed by atoms with Crippen LogP contribution < -0.4 is 0 Å². The Morgan fingerprint density at radius 3 is 2.44 bits per heavy atom. The van der Waals surface area contributed by atoms with Gasteiger partial charge in [-0.25, -0.2) is 0 Å². The van der Waals surface area contributed by atoms with Crippen LogP contribution in [0, 0.1) is 5.92 Å². The van der Waals surface area contributed by atoms with E-state index in [0.717, 1.165) is 12.7 Å². The molecule has 0 aliphatic heterocycles. The summed E-state index contributed by atoms with van der Waals surface area (Å²) in [7, 11) is 1.16. The molecule has 0 fully saturated rings. The third kappa shape index (κ3) is 3.24. The van der Waals surface area contributed by atoms with E-state index in [9.17, 15) is 9.59 Å². The average molecular weight is 220 g/mol. The molecule has 0 bridgehead atoms. The highest BCUT2D eigenvalue weighted by atomic mass is 16.5. The summed E-state index contributed by atoms with van der Waals surface area (Å²) in [5, 5.41) is 8.80. The average Bonchev–Trinajstić information content (AvgIpc) is 2.30. The van der Waals surface area contributed by atoms with Gasteiger partial charge in [0.25, 0.3) is 0 Å². The maximum atomic E-state index is 11.1. The van der Waals surface area contributed by atoms with Gasteiger partial charge in [0.05, 0.1) is 7.11 Å². The summed E-state index contributed by atoms with van der Waals surface area (Å²) in [5.41, 5.74) is 0.831. The minimum atomic E-state index is -1.26. The van der Waals surface area contributed by atoms with Crippen LogP contribution in [0.2, 0.25) is 0 Å². The van der Waals surface area contributed by atoms with Gasteiger partial charge in [-0.2, -0.15) is 0 Å². The van der Waals surface area contributed by atoms with Crippen LogP contribution in [0.15, 0.2) is 36.4 Å². The molecule has 0 aromatic heterocycles. The lowest BCUT2D eigenvalue weighted by Gasteiger charge is -2.04. The standard InChI is InChI=1S/C12H12O4/c1-16-12(15)10(11(13)14)8-7-9-5-3-2-4-6-9/h2-8,10H,1H3,(H,13,14)/b8-7+/t10-/m0/s1. The first-order valence-corrected chi connectivity index (χ1v) is 4.69. The number of hydrogen-bond acceptors (Lipinski definition) is 3. The molecule has 1 rings (SSSR count). The fourth-order valence-electron chi connectivity index (χ4n) is 1.16. The van der Waals surface area contributed by atoms with E-state index >= 15 is 0 Å². The van der Waals surface area contributed by atoms with Crippen LogP contribution in [0.1, 0.15) is 5.56 Å². The number of carboxylic acid groups (broad SMARTS) is 1. The van der Waals surface area contributed by atoms with E-state index in [-0.39, 0.29) is 0 Å². The summed E-state index contributed by atoms with van der Waals surface area (Å²) in [5.74, 6) is -3.26. The van der Waals surface area contributed by atoms with Gasteiger partial charge in [-0.1, -0.05) is 42.5 Å². The Balaban J connectivity index is 2.80. The van der Waals surface area contributed by atoms with Gasteiger partial charge in [-0.3, -0.25) is 9.59 Å². The van der Waals surface area contributed by atoms with Gasteiger partial charge >= 0.3 is 11.9 Å². The molecule has 0 saturated heterocycles. The highest BCUT2D eigenvalue weighted by Gasteiger charge is 2.23. The van der Waals surface area contributed by atoms with Gasteiger partial charge in [0, 0.05) is 0 Å². The predicted molar refractivity (Wildman–Crippen MR) is 58.6 cm³/mol. The van der Waals surface area contributed by atoms with Gasteiger partial charge in [0.2, 0.25) is 0 Å². The topological polar surface area (TPSA) is 63.6 Å². The zero-order valence-electron chi connectivity index (χ0n) is 8.79. The molecule has 4 heteroatoms. The maximum Gasteiger partial charge on any atom is 0.323 e. The molecule has 0 radical (unpaired) electrons. The van der Waals surface area contributed by atoms with Gasteiger partial charge < -0.3 is 9.84 Å². The van der Waals surface area contributed by atoms with E-state index < -0.39 is 17.9 Å². The van der Waals surface area contributed by atoms with Crippen LogP contribution in [0.5, 0.6) is 0 Å². The van der Waals surface area contributed by atoms with Crippen LogP contribution in [0.25, 0.3) is 6.08 Å². The highest BCUT2D eigenvalue weighted by Crippen LogP contribution is 2.07. The fraction of sp³-hybridized carbons (Fsp3) is 0.167. The lowest BCUT2D eigenvalue weighted by molar-refractivity contribution is -0.154. The molecule has 0 unspecified atom stereocenters. The lowest BCUT2D eigenvalue weighted by atomic mass is 10.1. The van der Waals surface area contributed by atoms with Crippen molar-refractivity contribution in [2.24, 2.45) is 5.92 Å². The van der Waals surface area contributed by atoms with E-state index in [1.165, 1.54) is 6.08 Å². The van der Waals surface area contributed by atoms with E-state index in [2.05, 4.69) is 4.74 Å². The highest BCUT2D eigenvalue weighted by molar-refractivity contribution is 5.96. The number of benzene rings is 1. The van der Waals surface area contributed by atoms with Gasteiger partial charge in [0.15, 0.2) is 5.92 Å². The monoisotopic (exact) mass is 220 g/mol.